The van der Waals surface area contributed by atoms with Gasteiger partial charge in [0.05, 0.1) is 17.7 Å². The van der Waals surface area contributed by atoms with Crippen molar-refractivity contribution in [3.63, 3.8) is 0 Å². The number of anilines is 1. The number of benzene rings is 1. The van der Waals surface area contributed by atoms with E-state index in [0.717, 1.165) is 17.3 Å². The highest BCUT2D eigenvalue weighted by Crippen LogP contribution is 2.36. The van der Waals surface area contributed by atoms with Gasteiger partial charge >= 0.3 is 5.97 Å². The van der Waals surface area contributed by atoms with Gasteiger partial charge in [-0.2, -0.15) is 5.26 Å². The average Bonchev–Trinajstić information content (AvgIpc) is 3.11. The second-order valence-electron chi connectivity index (χ2n) is 4.46. The van der Waals surface area contributed by atoms with Crippen LogP contribution >= 0.6 is 15.9 Å². The molecule has 0 bridgehead atoms. The molecule has 0 aliphatic heterocycles. The SMILES string of the molecule is N#Cc1c(Br)cccc1NC(CC(=O)O)C1CC1. The van der Waals surface area contributed by atoms with Gasteiger partial charge in [0, 0.05) is 10.5 Å². The molecule has 18 heavy (non-hydrogen) atoms. The molecule has 1 unspecified atom stereocenters. The number of nitrogens with zero attached hydrogens (tertiary/aromatic N) is 1. The minimum absolute atomic E-state index is 0.0854. The van der Waals surface area contributed by atoms with Crippen LogP contribution in [0.5, 0.6) is 0 Å². The van der Waals surface area contributed by atoms with Crippen molar-refractivity contribution in [2.45, 2.75) is 25.3 Å². The zero-order valence-corrected chi connectivity index (χ0v) is 11.3. The summed E-state index contributed by atoms with van der Waals surface area (Å²) in [6.45, 7) is 0. The lowest BCUT2D eigenvalue weighted by Crippen LogP contribution is -2.25. The van der Waals surface area contributed by atoms with Crippen molar-refractivity contribution < 1.29 is 9.90 Å². The molecule has 2 N–H and O–H groups in total. The molecule has 2 rings (SSSR count). The van der Waals surface area contributed by atoms with Crippen LogP contribution in [-0.2, 0) is 4.79 Å². The summed E-state index contributed by atoms with van der Waals surface area (Å²) in [4.78, 5) is 10.8. The number of nitriles is 1. The molecular formula is C13H13BrN2O2. The van der Waals surface area contributed by atoms with Crippen molar-refractivity contribution in [2.24, 2.45) is 5.92 Å². The number of hydrogen-bond donors (Lipinski definition) is 2. The van der Waals surface area contributed by atoms with E-state index in [2.05, 4.69) is 27.3 Å². The van der Waals surface area contributed by atoms with Crippen molar-refractivity contribution in [1.82, 2.24) is 0 Å². The van der Waals surface area contributed by atoms with Gasteiger partial charge in [0.1, 0.15) is 6.07 Å². The number of hydrogen-bond acceptors (Lipinski definition) is 3. The second-order valence-corrected chi connectivity index (χ2v) is 5.31. The molecule has 1 aromatic carbocycles. The first-order valence-corrected chi connectivity index (χ1v) is 6.58. The Morgan fingerprint density at radius 3 is 2.89 bits per heavy atom. The number of rotatable bonds is 5. The first-order valence-electron chi connectivity index (χ1n) is 5.78. The van der Waals surface area contributed by atoms with Crippen molar-refractivity contribution in [1.29, 1.82) is 5.26 Å². The van der Waals surface area contributed by atoms with E-state index >= 15 is 0 Å². The fraction of sp³-hybridized carbons (Fsp3) is 0.385. The van der Waals surface area contributed by atoms with Gasteiger partial charge in [-0.1, -0.05) is 6.07 Å². The van der Waals surface area contributed by atoms with Crippen LogP contribution in [0.2, 0.25) is 0 Å². The first kappa shape index (κ1) is 12.9. The van der Waals surface area contributed by atoms with Gasteiger partial charge in [-0.3, -0.25) is 4.79 Å². The zero-order chi connectivity index (χ0) is 13.1. The summed E-state index contributed by atoms with van der Waals surface area (Å²) < 4.78 is 0.722. The molecule has 1 atom stereocenters. The van der Waals surface area contributed by atoms with E-state index in [1.807, 2.05) is 6.07 Å². The number of aliphatic carboxylic acids is 1. The maximum atomic E-state index is 10.8. The predicted octanol–water partition coefficient (Wildman–Crippen LogP) is 2.99. The third-order valence-electron chi connectivity index (χ3n) is 3.05. The Kier molecular flexibility index (Phi) is 3.87. The summed E-state index contributed by atoms with van der Waals surface area (Å²) in [5.41, 5.74) is 1.22. The van der Waals surface area contributed by atoms with E-state index < -0.39 is 5.97 Å². The van der Waals surface area contributed by atoms with Crippen LogP contribution in [0.4, 0.5) is 5.69 Å². The number of carboxylic acid groups (broad SMARTS) is 1. The van der Waals surface area contributed by atoms with E-state index in [1.54, 1.807) is 12.1 Å². The molecule has 1 fully saturated rings. The molecule has 4 nitrogen and oxygen atoms in total. The number of carbonyl (C=O) groups is 1. The summed E-state index contributed by atoms with van der Waals surface area (Å²) >= 11 is 3.32. The molecule has 0 saturated heterocycles. The molecule has 1 aliphatic rings. The Morgan fingerprint density at radius 1 is 1.61 bits per heavy atom. The van der Waals surface area contributed by atoms with E-state index in [1.165, 1.54) is 0 Å². The summed E-state index contributed by atoms with van der Waals surface area (Å²) in [5, 5.41) is 21.2. The van der Waals surface area contributed by atoms with Crippen LogP contribution in [0.1, 0.15) is 24.8 Å². The molecule has 0 aromatic heterocycles. The maximum absolute atomic E-state index is 10.8. The van der Waals surface area contributed by atoms with Crippen molar-refractivity contribution in [3.8, 4) is 6.07 Å². The Hall–Kier alpha value is -1.54. The summed E-state index contributed by atoms with van der Waals surface area (Å²) in [6, 6.07) is 7.47. The highest BCUT2D eigenvalue weighted by molar-refractivity contribution is 9.10. The van der Waals surface area contributed by atoms with Gasteiger partial charge in [-0.15, -0.1) is 0 Å². The predicted molar refractivity (Wildman–Crippen MR) is 71.2 cm³/mol. The lowest BCUT2D eigenvalue weighted by Gasteiger charge is -2.18. The first-order chi connectivity index (χ1) is 8.61. The van der Waals surface area contributed by atoms with Crippen LogP contribution < -0.4 is 5.32 Å². The van der Waals surface area contributed by atoms with Crippen LogP contribution in [0.15, 0.2) is 22.7 Å². The van der Waals surface area contributed by atoms with Gasteiger partial charge < -0.3 is 10.4 Å². The number of carboxylic acids is 1. The Balaban J connectivity index is 2.18. The van der Waals surface area contributed by atoms with E-state index in [-0.39, 0.29) is 12.5 Å². The molecule has 0 radical (unpaired) electrons. The monoisotopic (exact) mass is 308 g/mol. The van der Waals surface area contributed by atoms with Gasteiger partial charge in [0.15, 0.2) is 0 Å². The van der Waals surface area contributed by atoms with Crippen LogP contribution in [-0.4, -0.2) is 17.1 Å². The highest BCUT2D eigenvalue weighted by Gasteiger charge is 2.33. The number of nitrogens with one attached hydrogen (secondary N) is 1. The van der Waals surface area contributed by atoms with Gasteiger partial charge in [-0.05, 0) is 46.8 Å². The Bertz CT molecular complexity index is 506. The van der Waals surface area contributed by atoms with Crippen LogP contribution in [0.25, 0.3) is 0 Å². The van der Waals surface area contributed by atoms with E-state index in [9.17, 15) is 4.79 Å². The normalized spacial score (nSPS) is 15.8. The minimum Gasteiger partial charge on any atom is -0.481 e. The summed E-state index contributed by atoms with van der Waals surface area (Å²) in [7, 11) is 0. The number of halogens is 1. The molecule has 5 heteroatoms. The van der Waals surface area contributed by atoms with E-state index in [4.69, 9.17) is 10.4 Å². The third-order valence-corrected chi connectivity index (χ3v) is 3.71. The van der Waals surface area contributed by atoms with Gasteiger partial charge in [0.2, 0.25) is 0 Å². The molecule has 0 heterocycles. The standard InChI is InChI=1S/C13H13BrN2O2/c14-10-2-1-3-11(9(10)7-15)16-12(6-13(17)18)8-4-5-8/h1-3,8,12,16H,4-6H2,(H,17,18). The van der Waals surface area contributed by atoms with Crippen molar-refractivity contribution in [2.75, 3.05) is 5.32 Å². The van der Waals surface area contributed by atoms with Crippen molar-refractivity contribution in [3.05, 3.63) is 28.2 Å². The molecular weight excluding hydrogens is 296 g/mol. The fourth-order valence-corrected chi connectivity index (χ4v) is 2.43. The fourth-order valence-electron chi connectivity index (χ4n) is 1.98. The summed E-state index contributed by atoms with van der Waals surface area (Å²) in [5.74, 6) is -0.403. The van der Waals surface area contributed by atoms with Gasteiger partial charge in [0.25, 0.3) is 0 Å². The molecule has 1 aliphatic carbocycles. The zero-order valence-electron chi connectivity index (χ0n) is 9.69. The second kappa shape index (κ2) is 5.40. The average molecular weight is 309 g/mol. The van der Waals surface area contributed by atoms with Crippen LogP contribution in [0, 0.1) is 17.2 Å². The minimum atomic E-state index is -0.812. The quantitative estimate of drug-likeness (QED) is 0.877. The molecule has 0 amide bonds. The molecule has 94 valence electrons. The highest BCUT2D eigenvalue weighted by atomic mass is 79.9. The molecule has 1 saturated carbocycles. The maximum Gasteiger partial charge on any atom is 0.305 e. The third kappa shape index (κ3) is 3.02. The largest absolute Gasteiger partial charge is 0.481 e. The van der Waals surface area contributed by atoms with Crippen molar-refractivity contribution >= 4 is 27.6 Å². The summed E-state index contributed by atoms with van der Waals surface area (Å²) in [6.07, 6.45) is 2.20. The smallest absolute Gasteiger partial charge is 0.305 e. The Labute approximate surface area is 114 Å². The Morgan fingerprint density at radius 2 is 2.33 bits per heavy atom. The van der Waals surface area contributed by atoms with E-state index in [0.29, 0.717) is 17.2 Å². The molecule has 0 spiro atoms. The lowest BCUT2D eigenvalue weighted by molar-refractivity contribution is -0.137. The van der Waals surface area contributed by atoms with Crippen LogP contribution in [0.3, 0.4) is 0 Å². The lowest BCUT2D eigenvalue weighted by atomic mass is 10.1. The molecule has 1 aromatic rings. The topological polar surface area (TPSA) is 73.1 Å². The van der Waals surface area contributed by atoms with Gasteiger partial charge in [-0.25, -0.2) is 0 Å².